The minimum Gasteiger partial charge on any atom is -0.508 e. The fourth-order valence-electron chi connectivity index (χ4n) is 3.92. The lowest BCUT2D eigenvalue weighted by atomic mass is 9.82. The zero-order chi connectivity index (χ0) is 22.8. The highest BCUT2D eigenvalue weighted by Gasteiger charge is 2.22. The zero-order valence-electron chi connectivity index (χ0n) is 18.8. The van der Waals surface area contributed by atoms with Crippen LogP contribution >= 0.6 is 0 Å². The highest BCUT2D eigenvalue weighted by molar-refractivity contribution is 5.87. The molecule has 4 nitrogen and oxygen atoms in total. The van der Waals surface area contributed by atoms with Crippen molar-refractivity contribution in [3.05, 3.63) is 77.1 Å². The Bertz CT molecular complexity index is 1130. The normalized spacial score (nSPS) is 11.6. The van der Waals surface area contributed by atoms with E-state index in [4.69, 9.17) is 4.42 Å². The second-order valence-electron chi connectivity index (χ2n) is 8.96. The van der Waals surface area contributed by atoms with Gasteiger partial charge in [0.15, 0.2) is 11.3 Å². The molecule has 31 heavy (non-hydrogen) atoms. The third-order valence-corrected chi connectivity index (χ3v) is 5.93. The third-order valence-electron chi connectivity index (χ3n) is 5.93. The van der Waals surface area contributed by atoms with Crippen molar-refractivity contribution in [3.63, 3.8) is 0 Å². The molecule has 164 valence electrons. The average molecular weight is 421 g/mol. The molecule has 0 aliphatic carbocycles. The van der Waals surface area contributed by atoms with E-state index >= 15 is 0 Å². The van der Waals surface area contributed by atoms with Crippen LogP contribution in [-0.4, -0.2) is 15.3 Å². The number of hydrogen-bond donors (Lipinski definition) is 3. The molecule has 0 saturated heterocycles. The van der Waals surface area contributed by atoms with E-state index in [0.29, 0.717) is 12.0 Å². The van der Waals surface area contributed by atoms with Crippen molar-refractivity contribution in [1.29, 1.82) is 0 Å². The molecular weight excluding hydrogens is 388 g/mol. The van der Waals surface area contributed by atoms with Crippen LogP contribution in [0.4, 0.5) is 0 Å². The summed E-state index contributed by atoms with van der Waals surface area (Å²) in [4.78, 5) is 0. The average Bonchev–Trinajstić information content (AvgIpc) is 3.19. The number of benzene rings is 2. The highest BCUT2D eigenvalue weighted by atomic mass is 16.3. The Morgan fingerprint density at radius 1 is 1.00 bits per heavy atom. The molecule has 0 aliphatic heterocycles. The van der Waals surface area contributed by atoms with Gasteiger partial charge in [0.25, 0.3) is 0 Å². The molecule has 0 unspecified atom stereocenters. The molecule has 1 heterocycles. The van der Waals surface area contributed by atoms with Crippen molar-refractivity contribution in [2.24, 2.45) is 0 Å². The molecule has 0 amide bonds. The smallest absolute Gasteiger partial charge is 0.175 e. The first kappa shape index (κ1) is 22.5. The van der Waals surface area contributed by atoms with E-state index in [1.54, 1.807) is 18.4 Å². The third kappa shape index (κ3) is 4.79. The molecule has 0 spiro atoms. The van der Waals surface area contributed by atoms with Gasteiger partial charge in [0.2, 0.25) is 0 Å². The minimum atomic E-state index is -0.401. The molecule has 0 atom stereocenters. The van der Waals surface area contributed by atoms with Crippen molar-refractivity contribution >= 4 is 11.0 Å². The molecular formula is C27H32O4. The summed E-state index contributed by atoms with van der Waals surface area (Å²) in [6, 6.07) is 6.98. The van der Waals surface area contributed by atoms with Crippen molar-refractivity contribution in [2.75, 3.05) is 0 Å². The number of allylic oxidation sites excluding steroid dienone is 3. The molecule has 0 bridgehead atoms. The summed E-state index contributed by atoms with van der Waals surface area (Å²) in [6.07, 6.45) is 8.55. The first-order valence-corrected chi connectivity index (χ1v) is 10.7. The first-order valence-electron chi connectivity index (χ1n) is 10.7. The molecule has 0 fully saturated rings. The van der Waals surface area contributed by atoms with Gasteiger partial charge in [-0.3, -0.25) is 0 Å². The van der Waals surface area contributed by atoms with Crippen LogP contribution in [0.3, 0.4) is 0 Å². The lowest BCUT2D eigenvalue weighted by molar-refractivity contribution is 0.433. The van der Waals surface area contributed by atoms with Crippen LogP contribution in [0, 0.1) is 0 Å². The Labute approximate surface area is 184 Å². The summed E-state index contributed by atoms with van der Waals surface area (Å²) in [5.74, 6) is 0.322. The fraction of sp³-hybridized carbons (Fsp3) is 0.333. The maximum absolute atomic E-state index is 10.4. The summed E-state index contributed by atoms with van der Waals surface area (Å²) in [7, 11) is 0. The summed E-state index contributed by atoms with van der Waals surface area (Å²) in [5, 5.41) is 32.0. The van der Waals surface area contributed by atoms with Gasteiger partial charge < -0.3 is 19.7 Å². The number of furan rings is 1. The lowest BCUT2D eigenvalue weighted by Gasteiger charge is -2.23. The van der Waals surface area contributed by atoms with Gasteiger partial charge in [-0.1, -0.05) is 31.6 Å². The number of phenolic OH excluding ortho intramolecular Hbond substituents is 3. The van der Waals surface area contributed by atoms with Crippen molar-refractivity contribution in [3.8, 4) is 17.2 Å². The first-order chi connectivity index (χ1) is 14.6. The number of aromatic hydroxyl groups is 3. The fourth-order valence-corrected chi connectivity index (χ4v) is 3.92. The van der Waals surface area contributed by atoms with E-state index in [9.17, 15) is 15.3 Å². The maximum atomic E-state index is 10.4. The van der Waals surface area contributed by atoms with Gasteiger partial charge in [-0.2, -0.15) is 0 Å². The monoisotopic (exact) mass is 420 g/mol. The van der Waals surface area contributed by atoms with Crippen LogP contribution in [0.15, 0.2) is 59.2 Å². The highest BCUT2D eigenvalue weighted by Crippen LogP contribution is 2.37. The Hall–Kier alpha value is -3.14. The van der Waals surface area contributed by atoms with E-state index in [1.807, 2.05) is 26.0 Å². The number of phenols is 3. The number of rotatable bonds is 8. The molecule has 1 aromatic heterocycles. The van der Waals surface area contributed by atoms with Gasteiger partial charge in [-0.05, 0) is 74.4 Å². The van der Waals surface area contributed by atoms with E-state index in [1.165, 1.54) is 11.6 Å². The maximum Gasteiger partial charge on any atom is 0.175 e. The summed E-state index contributed by atoms with van der Waals surface area (Å²) in [6.45, 7) is 12.0. The molecule has 0 aliphatic rings. The SMILES string of the molecule is C=CC(C)(C)c1cc(CCCc2cc(O)c3occc3c2CC=C(C)C)c(O)cc1O. The Morgan fingerprint density at radius 2 is 1.71 bits per heavy atom. The summed E-state index contributed by atoms with van der Waals surface area (Å²) in [5.41, 5.74) is 5.14. The van der Waals surface area contributed by atoms with Gasteiger partial charge in [0.1, 0.15) is 11.5 Å². The molecule has 0 radical (unpaired) electrons. The summed E-state index contributed by atoms with van der Waals surface area (Å²) >= 11 is 0. The summed E-state index contributed by atoms with van der Waals surface area (Å²) < 4.78 is 5.47. The van der Waals surface area contributed by atoms with Gasteiger partial charge in [0.05, 0.1) is 6.26 Å². The standard InChI is InChI=1S/C27H32O4/c1-6-27(4,5)22-14-19(23(28)16-24(22)29)9-7-8-18-15-25(30)26-21(12-13-31-26)20(18)11-10-17(2)3/h6,10,12-16,28-30H,1,7-9,11H2,2-5H3. The molecule has 3 N–H and O–H groups in total. The van der Waals surface area contributed by atoms with E-state index < -0.39 is 5.41 Å². The Kier molecular flexibility index (Phi) is 6.49. The van der Waals surface area contributed by atoms with Gasteiger partial charge in [0, 0.05) is 22.4 Å². The van der Waals surface area contributed by atoms with Crippen LogP contribution in [0.1, 0.15) is 56.4 Å². The van der Waals surface area contributed by atoms with E-state index in [2.05, 4.69) is 26.5 Å². The van der Waals surface area contributed by atoms with Crippen LogP contribution in [0.2, 0.25) is 0 Å². The topological polar surface area (TPSA) is 73.8 Å². The van der Waals surface area contributed by atoms with Gasteiger partial charge in [-0.15, -0.1) is 6.58 Å². The van der Waals surface area contributed by atoms with E-state index in [-0.39, 0.29) is 17.2 Å². The number of fused-ring (bicyclic) bond motifs is 1. The molecule has 2 aromatic carbocycles. The van der Waals surface area contributed by atoms with Crippen molar-refractivity contribution < 1.29 is 19.7 Å². The Balaban J connectivity index is 1.87. The lowest BCUT2D eigenvalue weighted by Crippen LogP contribution is -2.13. The second kappa shape index (κ2) is 8.93. The van der Waals surface area contributed by atoms with Crippen molar-refractivity contribution in [2.45, 2.75) is 58.8 Å². The largest absolute Gasteiger partial charge is 0.508 e. The van der Waals surface area contributed by atoms with Crippen LogP contribution < -0.4 is 0 Å². The Morgan fingerprint density at radius 3 is 2.39 bits per heavy atom. The second-order valence-corrected chi connectivity index (χ2v) is 8.96. The predicted octanol–water partition coefficient (Wildman–Crippen LogP) is 6.70. The number of aryl methyl sites for hydroxylation is 2. The quantitative estimate of drug-likeness (QED) is 0.355. The van der Waals surface area contributed by atoms with Crippen LogP contribution in [0.25, 0.3) is 11.0 Å². The van der Waals surface area contributed by atoms with Gasteiger partial charge in [-0.25, -0.2) is 0 Å². The van der Waals surface area contributed by atoms with Crippen LogP contribution in [0.5, 0.6) is 17.2 Å². The van der Waals surface area contributed by atoms with E-state index in [0.717, 1.165) is 46.9 Å². The number of hydrogen-bond acceptors (Lipinski definition) is 4. The van der Waals surface area contributed by atoms with Crippen molar-refractivity contribution in [1.82, 2.24) is 0 Å². The molecule has 3 rings (SSSR count). The zero-order valence-corrected chi connectivity index (χ0v) is 18.8. The molecule has 4 heteroatoms. The predicted molar refractivity (Wildman–Crippen MR) is 126 cm³/mol. The minimum absolute atomic E-state index is 0.0745. The van der Waals surface area contributed by atoms with Gasteiger partial charge >= 0.3 is 0 Å². The molecule has 0 saturated carbocycles. The molecule has 3 aromatic rings. The van der Waals surface area contributed by atoms with Crippen LogP contribution in [-0.2, 0) is 24.7 Å².